The van der Waals surface area contributed by atoms with Crippen LogP contribution in [-0.4, -0.2) is 25.1 Å². The van der Waals surface area contributed by atoms with Crippen LogP contribution in [0.3, 0.4) is 0 Å². The van der Waals surface area contributed by atoms with Gasteiger partial charge in [0.15, 0.2) is 22.4 Å². The third-order valence-corrected chi connectivity index (χ3v) is 4.34. The van der Waals surface area contributed by atoms with Gasteiger partial charge in [0.2, 0.25) is 0 Å². The van der Waals surface area contributed by atoms with Crippen LogP contribution >= 0.6 is 11.3 Å². The van der Waals surface area contributed by atoms with Crippen molar-refractivity contribution >= 4 is 22.4 Å². The van der Waals surface area contributed by atoms with E-state index >= 15 is 0 Å². The van der Waals surface area contributed by atoms with E-state index in [2.05, 4.69) is 10.3 Å². The van der Waals surface area contributed by atoms with Gasteiger partial charge in [0, 0.05) is 11.4 Å². The molecule has 1 amide bonds. The molecule has 26 heavy (non-hydrogen) atoms. The molecule has 0 bridgehead atoms. The summed E-state index contributed by atoms with van der Waals surface area (Å²) < 4.78 is 21.6. The number of hydrogen-bond donors (Lipinski definition) is 1. The topological polar surface area (TPSA) is 82.8 Å². The Kier molecular flexibility index (Phi) is 5.43. The maximum atomic E-state index is 12.2. The van der Waals surface area contributed by atoms with E-state index in [1.165, 1.54) is 11.3 Å². The van der Waals surface area contributed by atoms with Gasteiger partial charge in [0.05, 0.1) is 19.9 Å². The van der Waals surface area contributed by atoms with Gasteiger partial charge in [0.1, 0.15) is 18.1 Å². The highest BCUT2D eigenvalue weighted by Crippen LogP contribution is 2.31. The van der Waals surface area contributed by atoms with Crippen molar-refractivity contribution in [3.63, 3.8) is 0 Å². The maximum absolute atomic E-state index is 12.2. The first-order valence-electron chi connectivity index (χ1n) is 7.76. The molecular weight excluding hydrogens is 356 g/mol. The van der Waals surface area contributed by atoms with Crippen LogP contribution in [0, 0.1) is 6.92 Å². The van der Waals surface area contributed by atoms with Crippen LogP contribution in [0.1, 0.15) is 22.0 Å². The fourth-order valence-corrected chi connectivity index (χ4v) is 2.89. The van der Waals surface area contributed by atoms with Gasteiger partial charge in [-0.1, -0.05) is 0 Å². The summed E-state index contributed by atoms with van der Waals surface area (Å²) in [5.41, 5.74) is 0.855. The second kappa shape index (κ2) is 7.92. The number of carbonyl (C=O) groups is 1. The van der Waals surface area contributed by atoms with Crippen molar-refractivity contribution in [2.24, 2.45) is 0 Å². The van der Waals surface area contributed by atoms with Gasteiger partial charge in [-0.2, -0.15) is 0 Å². The molecule has 0 fully saturated rings. The van der Waals surface area contributed by atoms with Crippen LogP contribution in [0.2, 0.25) is 0 Å². The lowest BCUT2D eigenvalue weighted by Gasteiger charge is -2.10. The largest absolute Gasteiger partial charge is 0.493 e. The minimum Gasteiger partial charge on any atom is -0.493 e. The molecule has 0 aliphatic carbocycles. The number of furan rings is 1. The zero-order valence-corrected chi connectivity index (χ0v) is 15.4. The summed E-state index contributed by atoms with van der Waals surface area (Å²) in [6.07, 6.45) is 0. The molecule has 2 heterocycles. The van der Waals surface area contributed by atoms with E-state index in [4.69, 9.17) is 18.6 Å². The first-order valence-corrected chi connectivity index (χ1v) is 8.64. The number of methoxy groups -OCH3 is 2. The molecule has 1 N–H and O–H groups in total. The zero-order chi connectivity index (χ0) is 18.5. The summed E-state index contributed by atoms with van der Waals surface area (Å²) in [7, 11) is 3.13. The van der Waals surface area contributed by atoms with Crippen molar-refractivity contribution in [1.29, 1.82) is 0 Å². The van der Waals surface area contributed by atoms with Crippen molar-refractivity contribution in [2.45, 2.75) is 13.5 Å². The normalized spacial score (nSPS) is 10.4. The summed E-state index contributed by atoms with van der Waals surface area (Å²) in [6.45, 7) is 2.04. The standard InChI is InChI=1S/C18H18N2O5S/c1-11-10-26-18(19-11)20-17(21)15-7-5-13(25-15)9-24-12-4-6-14(22-2)16(8-12)23-3/h4-8,10H,9H2,1-3H3,(H,19,20,21). The monoisotopic (exact) mass is 374 g/mol. The van der Waals surface area contributed by atoms with Gasteiger partial charge in [-0.25, -0.2) is 4.98 Å². The van der Waals surface area contributed by atoms with Crippen molar-refractivity contribution < 1.29 is 23.4 Å². The number of thiazole rings is 1. The number of ether oxygens (including phenoxy) is 3. The van der Waals surface area contributed by atoms with Crippen molar-refractivity contribution in [3.05, 3.63) is 52.9 Å². The third-order valence-electron chi connectivity index (χ3n) is 3.46. The Morgan fingerprint density at radius 2 is 2.00 bits per heavy atom. The lowest BCUT2D eigenvalue weighted by Crippen LogP contribution is -2.10. The van der Waals surface area contributed by atoms with Gasteiger partial charge in [0.25, 0.3) is 5.91 Å². The number of aromatic nitrogens is 1. The van der Waals surface area contributed by atoms with E-state index in [-0.39, 0.29) is 18.3 Å². The Morgan fingerprint density at radius 1 is 1.19 bits per heavy atom. The van der Waals surface area contributed by atoms with Crippen LogP contribution in [-0.2, 0) is 6.61 Å². The molecular formula is C18H18N2O5S. The Morgan fingerprint density at radius 3 is 2.69 bits per heavy atom. The number of benzene rings is 1. The average Bonchev–Trinajstić information content (AvgIpc) is 3.28. The van der Waals surface area contributed by atoms with Gasteiger partial charge in [-0.05, 0) is 31.2 Å². The Balaban J connectivity index is 1.60. The molecule has 8 heteroatoms. The van der Waals surface area contributed by atoms with Crippen LogP contribution in [0.4, 0.5) is 5.13 Å². The summed E-state index contributed by atoms with van der Waals surface area (Å²) in [4.78, 5) is 16.3. The molecule has 3 rings (SSSR count). The lowest BCUT2D eigenvalue weighted by molar-refractivity contribution is 0.0992. The molecule has 0 saturated heterocycles. The molecule has 0 unspecified atom stereocenters. The van der Waals surface area contributed by atoms with Gasteiger partial charge < -0.3 is 18.6 Å². The molecule has 0 spiro atoms. The molecule has 0 saturated carbocycles. The van der Waals surface area contributed by atoms with Crippen LogP contribution in [0.5, 0.6) is 17.2 Å². The maximum Gasteiger partial charge on any atom is 0.293 e. The molecule has 1 aromatic carbocycles. The smallest absolute Gasteiger partial charge is 0.293 e. The highest BCUT2D eigenvalue weighted by Gasteiger charge is 2.14. The van der Waals surface area contributed by atoms with E-state index in [1.54, 1.807) is 44.6 Å². The second-order valence-corrected chi connectivity index (χ2v) is 6.18. The van der Waals surface area contributed by atoms with Crippen molar-refractivity contribution in [2.75, 3.05) is 19.5 Å². The second-order valence-electron chi connectivity index (χ2n) is 5.32. The highest BCUT2D eigenvalue weighted by molar-refractivity contribution is 7.13. The Labute approximate surface area is 154 Å². The number of carbonyl (C=O) groups excluding carboxylic acids is 1. The number of nitrogens with zero attached hydrogens (tertiary/aromatic N) is 1. The molecule has 0 aliphatic heterocycles. The summed E-state index contributed by atoms with van der Waals surface area (Å²) in [5, 5.41) is 5.09. The minimum atomic E-state index is -0.350. The van der Waals surface area contributed by atoms with Crippen molar-refractivity contribution in [3.8, 4) is 17.2 Å². The van der Waals surface area contributed by atoms with Crippen molar-refractivity contribution in [1.82, 2.24) is 4.98 Å². The van der Waals surface area contributed by atoms with E-state index in [0.717, 1.165) is 5.69 Å². The highest BCUT2D eigenvalue weighted by atomic mass is 32.1. The molecule has 3 aromatic rings. The fraction of sp³-hybridized carbons (Fsp3) is 0.222. The van der Waals surface area contributed by atoms with Gasteiger partial charge in [-0.3, -0.25) is 10.1 Å². The first-order chi connectivity index (χ1) is 12.6. The van der Waals surface area contributed by atoms with E-state index in [0.29, 0.717) is 28.1 Å². The van der Waals surface area contributed by atoms with E-state index in [1.807, 2.05) is 12.3 Å². The Hall–Kier alpha value is -3.00. The quantitative estimate of drug-likeness (QED) is 0.675. The van der Waals surface area contributed by atoms with Crippen LogP contribution in [0.15, 0.2) is 40.1 Å². The van der Waals surface area contributed by atoms with Gasteiger partial charge >= 0.3 is 0 Å². The molecule has 0 aliphatic rings. The molecule has 0 atom stereocenters. The summed E-state index contributed by atoms with van der Waals surface area (Å²) in [5.74, 6) is 2.17. The van der Waals surface area contributed by atoms with E-state index < -0.39 is 0 Å². The number of nitrogens with one attached hydrogen (secondary N) is 1. The molecule has 136 valence electrons. The predicted octanol–water partition coefficient (Wildman–Crippen LogP) is 3.89. The number of hydrogen-bond acceptors (Lipinski definition) is 7. The average molecular weight is 374 g/mol. The summed E-state index contributed by atoms with van der Waals surface area (Å²) >= 11 is 1.36. The number of rotatable bonds is 7. The first kappa shape index (κ1) is 17.8. The predicted molar refractivity (Wildman–Crippen MR) is 97.4 cm³/mol. The van der Waals surface area contributed by atoms with Crippen LogP contribution in [0.25, 0.3) is 0 Å². The van der Waals surface area contributed by atoms with Gasteiger partial charge in [-0.15, -0.1) is 11.3 Å². The molecule has 7 nitrogen and oxygen atoms in total. The number of anilines is 1. The molecule has 2 aromatic heterocycles. The minimum absolute atomic E-state index is 0.180. The number of aryl methyl sites for hydroxylation is 1. The molecule has 0 radical (unpaired) electrons. The van der Waals surface area contributed by atoms with E-state index in [9.17, 15) is 4.79 Å². The lowest BCUT2D eigenvalue weighted by atomic mass is 10.3. The third kappa shape index (κ3) is 4.15. The van der Waals surface area contributed by atoms with Crippen LogP contribution < -0.4 is 19.5 Å². The zero-order valence-electron chi connectivity index (χ0n) is 14.6. The fourth-order valence-electron chi connectivity index (χ4n) is 2.21. The SMILES string of the molecule is COc1ccc(OCc2ccc(C(=O)Nc3nc(C)cs3)o2)cc1OC. The number of amides is 1. The summed E-state index contributed by atoms with van der Waals surface area (Å²) in [6, 6.07) is 8.54. The Bertz CT molecular complexity index is 903.